The van der Waals surface area contributed by atoms with Gasteiger partial charge in [-0.25, -0.2) is 0 Å². The van der Waals surface area contributed by atoms with Gasteiger partial charge in [0.2, 0.25) is 0 Å². The van der Waals surface area contributed by atoms with Crippen molar-refractivity contribution in [3.8, 4) is 0 Å². The fourth-order valence-corrected chi connectivity index (χ4v) is 2.46. The molecule has 1 N–H and O–H groups in total. The van der Waals surface area contributed by atoms with Crippen LogP contribution in [0.5, 0.6) is 0 Å². The molecular weight excluding hydrogens is 276 g/mol. The van der Waals surface area contributed by atoms with E-state index in [2.05, 4.69) is 23.2 Å². The van der Waals surface area contributed by atoms with Gasteiger partial charge in [0, 0.05) is 44.1 Å². The van der Waals surface area contributed by atoms with E-state index < -0.39 is 0 Å². The van der Waals surface area contributed by atoms with Crippen LogP contribution in [0.1, 0.15) is 12.5 Å². The molecule has 0 aliphatic heterocycles. The Morgan fingerprint density at radius 2 is 2.05 bits per heavy atom. The number of nitrogens with one attached hydrogen (secondary N) is 1. The summed E-state index contributed by atoms with van der Waals surface area (Å²) >= 11 is 6.11. The van der Waals surface area contributed by atoms with Crippen molar-refractivity contribution < 1.29 is 9.47 Å². The summed E-state index contributed by atoms with van der Waals surface area (Å²) in [5.74, 6) is 0. The second kappa shape index (κ2) is 9.19. The summed E-state index contributed by atoms with van der Waals surface area (Å²) in [4.78, 5) is 2.30. The molecule has 1 rings (SSSR count). The molecule has 114 valence electrons. The van der Waals surface area contributed by atoms with Crippen LogP contribution in [0.3, 0.4) is 0 Å². The van der Waals surface area contributed by atoms with Crippen LogP contribution in [0, 0.1) is 0 Å². The predicted molar refractivity (Wildman–Crippen MR) is 84.8 cm³/mol. The largest absolute Gasteiger partial charge is 0.383 e. The first-order valence-electron chi connectivity index (χ1n) is 6.81. The monoisotopic (exact) mass is 300 g/mol. The molecule has 0 bridgehead atoms. The molecule has 0 spiro atoms. The van der Waals surface area contributed by atoms with Crippen LogP contribution in [0.25, 0.3) is 0 Å². The predicted octanol–water partition coefficient (Wildman–Crippen LogP) is 2.55. The molecule has 0 saturated carbocycles. The maximum absolute atomic E-state index is 6.11. The summed E-state index contributed by atoms with van der Waals surface area (Å²) < 4.78 is 10.5. The van der Waals surface area contributed by atoms with E-state index in [9.17, 15) is 0 Å². The van der Waals surface area contributed by atoms with Gasteiger partial charge in [0.25, 0.3) is 0 Å². The third-order valence-electron chi connectivity index (χ3n) is 3.19. The number of methoxy groups -OCH3 is 2. The zero-order chi connectivity index (χ0) is 15.0. The number of anilines is 1. The Labute approximate surface area is 127 Å². The van der Waals surface area contributed by atoms with Crippen LogP contribution in [0.4, 0.5) is 5.69 Å². The highest BCUT2D eigenvalue weighted by Gasteiger charge is 2.17. The maximum atomic E-state index is 6.11. The highest BCUT2D eigenvalue weighted by atomic mass is 35.5. The molecule has 5 heteroatoms. The molecular formula is C15H25ClN2O2. The number of nitrogens with zero attached hydrogens (tertiary/aromatic N) is 1. The van der Waals surface area contributed by atoms with Crippen LogP contribution in [-0.2, 0) is 16.0 Å². The van der Waals surface area contributed by atoms with Gasteiger partial charge >= 0.3 is 0 Å². The molecule has 1 aromatic rings. The minimum Gasteiger partial charge on any atom is -0.383 e. The first-order chi connectivity index (χ1) is 9.63. The second-order valence-corrected chi connectivity index (χ2v) is 5.23. The van der Waals surface area contributed by atoms with Gasteiger partial charge in [-0.1, -0.05) is 11.6 Å². The third kappa shape index (κ3) is 4.94. The van der Waals surface area contributed by atoms with E-state index in [1.54, 1.807) is 14.2 Å². The Hall–Kier alpha value is -0.810. The van der Waals surface area contributed by atoms with E-state index in [0.29, 0.717) is 13.2 Å². The summed E-state index contributed by atoms with van der Waals surface area (Å²) in [5.41, 5.74) is 2.35. The zero-order valence-electron chi connectivity index (χ0n) is 12.8. The SMILES string of the molecule is CNCc1cc(Cl)ccc1N(CCOC)C(C)COC. The van der Waals surface area contributed by atoms with Crippen LogP contribution in [0.15, 0.2) is 18.2 Å². The van der Waals surface area contributed by atoms with Crippen molar-refractivity contribution in [3.63, 3.8) is 0 Å². The van der Waals surface area contributed by atoms with Crippen molar-refractivity contribution in [2.24, 2.45) is 0 Å². The van der Waals surface area contributed by atoms with Gasteiger partial charge in [-0.15, -0.1) is 0 Å². The molecule has 0 fully saturated rings. The third-order valence-corrected chi connectivity index (χ3v) is 3.43. The topological polar surface area (TPSA) is 33.7 Å². The highest BCUT2D eigenvalue weighted by Crippen LogP contribution is 2.26. The van der Waals surface area contributed by atoms with Crippen molar-refractivity contribution in [1.29, 1.82) is 0 Å². The minimum absolute atomic E-state index is 0.270. The number of rotatable bonds is 9. The molecule has 0 aliphatic carbocycles. The number of halogens is 1. The van der Waals surface area contributed by atoms with Crippen LogP contribution < -0.4 is 10.2 Å². The Balaban J connectivity index is 3.04. The van der Waals surface area contributed by atoms with Crippen LogP contribution >= 0.6 is 11.6 Å². The lowest BCUT2D eigenvalue weighted by Crippen LogP contribution is -2.39. The van der Waals surface area contributed by atoms with Crippen molar-refractivity contribution in [1.82, 2.24) is 5.32 Å². The molecule has 1 unspecified atom stereocenters. The lowest BCUT2D eigenvalue weighted by Gasteiger charge is -2.32. The Bertz CT molecular complexity index is 401. The first-order valence-corrected chi connectivity index (χ1v) is 7.19. The quantitative estimate of drug-likeness (QED) is 0.760. The molecule has 0 aromatic heterocycles. The molecule has 20 heavy (non-hydrogen) atoms. The average Bonchev–Trinajstić information content (AvgIpc) is 2.42. The molecule has 1 atom stereocenters. The van der Waals surface area contributed by atoms with E-state index in [-0.39, 0.29) is 6.04 Å². The molecule has 4 nitrogen and oxygen atoms in total. The Kier molecular flexibility index (Phi) is 7.92. The van der Waals surface area contributed by atoms with Crippen LogP contribution in [-0.4, -0.2) is 47.1 Å². The molecule has 0 radical (unpaired) electrons. The van der Waals surface area contributed by atoms with Gasteiger partial charge in [-0.3, -0.25) is 0 Å². The Morgan fingerprint density at radius 1 is 1.30 bits per heavy atom. The fourth-order valence-electron chi connectivity index (χ4n) is 2.27. The van der Waals surface area contributed by atoms with Crippen molar-refractivity contribution in [2.75, 3.05) is 45.9 Å². The van der Waals surface area contributed by atoms with Gasteiger partial charge in [-0.2, -0.15) is 0 Å². The van der Waals surface area contributed by atoms with Crippen molar-refractivity contribution in [3.05, 3.63) is 28.8 Å². The van der Waals surface area contributed by atoms with E-state index in [1.165, 1.54) is 11.3 Å². The highest BCUT2D eigenvalue weighted by molar-refractivity contribution is 6.30. The van der Waals surface area contributed by atoms with Gasteiger partial charge in [-0.05, 0) is 37.7 Å². The van der Waals surface area contributed by atoms with Gasteiger partial charge in [0.15, 0.2) is 0 Å². The van der Waals surface area contributed by atoms with Gasteiger partial charge in [0.1, 0.15) is 0 Å². The number of hydrogen-bond donors (Lipinski definition) is 1. The normalized spacial score (nSPS) is 12.4. The lowest BCUT2D eigenvalue weighted by atomic mass is 10.1. The van der Waals surface area contributed by atoms with E-state index in [0.717, 1.165) is 18.1 Å². The molecule has 0 aliphatic rings. The average molecular weight is 301 g/mol. The van der Waals surface area contributed by atoms with E-state index in [1.807, 2.05) is 19.2 Å². The molecule has 1 aromatic carbocycles. The fraction of sp³-hybridized carbons (Fsp3) is 0.600. The summed E-state index contributed by atoms with van der Waals surface area (Å²) in [6.07, 6.45) is 0. The van der Waals surface area contributed by atoms with E-state index in [4.69, 9.17) is 21.1 Å². The second-order valence-electron chi connectivity index (χ2n) is 4.79. The van der Waals surface area contributed by atoms with Gasteiger partial charge in [0.05, 0.1) is 13.2 Å². The first kappa shape index (κ1) is 17.2. The minimum atomic E-state index is 0.270. The summed E-state index contributed by atoms with van der Waals surface area (Å²) in [6.45, 7) is 5.09. The summed E-state index contributed by atoms with van der Waals surface area (Å²) in [6, 6.07) is 6.27. The smallest absolute Gasteiger partial charge is 0.0663 e. The Morgan fingerprint density at radius 3 is 2.65 bits per heavy atom. The van der Waals surface area contributed by atoms with Crippen LogP contribution in [0.2, 0.25) is 5.02 Å². The number of ether oxygens (including phenoxy) is 2. The summed E-state index contributed by atoms with van der Waals surface area (Å²) in [5, 5.41) is 3.94. The van der Waals surface area contributed by atoms with Crippen molar-refractivity contribution >= 4 is 17.3 Å². The van der Waals surface area contributed by atoms with E-state index >= 15 is 0 Å². The standard InChI is InChI=1S/C15H25ClN2O2/c1-12(11-20-4)18(7-8-19-3)15-6-5-14(16)9-13(15)10-17-2/h5-6,9,12,17H,7-8,10-11H2,1-4H3. The van der Waals surface area contributed by atoms with Gasteiger partial charge < -0.3 is 19.7 Å². The van der Waals surface area contributed by atoms with Crippen molar-refractivity contribution in [2.45, 2.75) is 19.5 Å². The molecule has 0 heterocycles. The zero-order valence-corrected chi connectivity index (χ0v) is 13.5. The molecule has 0 amide bonds. The number of hydrogen-bond acceptors (Lipinski definition) is 4. The summed E-state index contributed by atoms with van der Waals surface area (Å²) in [7, 11) is 5.37. The molecule has 0 saturated heterocycles. The lowest BCUT2D eigenvalue weighted by molar-refractivity contribution is 0.171. The number of benzene rings is 1. The maximum Gasteiger partial charge on any atom is 0.0663 e.